The quantitative estimate of drug-likeness (QED) is 0.680. The highest BCUT2D eigenvalue weighted by Crippen LogP contribution is 2.47. The molecule has 0 nitrogen and oxygen atoms in total. The molecule has 1 aromatic carbocycles. The Bertz CT molecular complexity index is 313. The molecule has 0 saturated heterocycles. The van der Waals surface area contributed by atoms with E-state index in [1.807, 2.05) is 0 Å². The second-order valence-corrected chi connectivity index (χ2v) is 5.09. The third-order valence-electron chi connectivity index (χ3n) is 2.77. The van der Waals surface area contributed by atoms with E-state index in [4.69, 9.17) is 0 Å². The molecule has 1 atom stereocenters. The van der Waals surface area contributed by atoms with Crippen LogP contribution in [0.4, 0.5) is 0 Å². The first-order chi connectivity index (χ1) is 6.18. The van der Waals surface area contributed by atoms with Crippen LogP contribution in [0, 0.1) is 19.8 Å². The molecule has 0 N–H and O–H groups in total. The Kier molecular flexibility index (Phi) is 2.46. The zero-order valence-electron chi connectivity index (χ0n) is 8.18. The topological polar surface area (TPSA) is 0 Å². The Morgan fingerprint density at radius 3 is 2.62 bits per heavy atom. The maximum atomic E-state index is 3.80. The largest absolute Gasteiger partial charge is 0.0836 e. The van der Waals surface area contributed by atoms with Crippen molar-refractivity contribution in [3.05, 3.63) is 34.9 Å². The number of halogens is 1. The predicted molar refractivity (Wildman–Crippen MR) is 60.3 cm³/mol. The van der Waals surface area contributed by atoms with Gasteiger partial charge in [0.05, 0.1) is 0 Å². The van der Waals surface area contributed by atoms with Crippen LogP contribution in [0.3, 0.4) is 0 Å². The van der Waals surface area contributed by atoms with E-state index in [1.165, 1.54) is 29.5 Å². The molecule has 1 aliphatic rings. The number of alkyl halides is 1. The molecule has 1 aromatic rings. The number of rotatable bonds is 2. The minimum Gasteiger partial charge on any atom is -0.0836 e. The fraction of sp³-hybridized carbons (Fsp3) is 0.500. The summed E-state index contributed by atoms with van der Waals surface area (Å²) in [6.07, 6.45) is 2.78. The van der Waals surface area contributed by atoms with Crippen molar-refractivity contribution in [2.24, 2.45) is 5.92 Å². The van der Waals surface area contributed by atoms with Crippen LogP contribution < -0.4 is 0 Å². The van der Waals surface area contributed by atoms with Crippen LogP contribution in [0.5, 0.6) is 0 Å². The second kappa shape index (κ2) is 3.45. The van der Waals surface area contributed by atoms with E-state index in [2.05, 4.69) is 48.0 Å². The van der Waals surface area contributed by atoms with Crippen molar-refractivity contribution >= 4 is 15.9 Å². The van der Waals surface area contributed by atoms with Gasteiger partial charge in [-0.25, -0.2) is 0 Å². The van der Waals surface area contributed by atoms with Crippen LogP contribution in [0.2, 0.25) is 0 Å². The Morgan fingerprint density at radius 2 is 2.00 bits per heavy atom. The molecule has 0 bridgehead atoms. The monoisotopic (exact) mass is 238 g/mol. The van der Waals surface area contributed by atoms with Crippen LogP contribution in [0.1, 0.15) is 34.4 Å². The standard InChI is InChI=1S/C12H15Br/c1-8-3-4-9(2)11(7-8)12(13)10-5-6-10/h3-4,7,10,12H,5-6H2,1-2H3. The van der Waals surface area contributed by atoms with Gasteiger partial charge in [0, 0.05) is 4.83 Å². The van der Waals surface area contributed by atoms with Gasteiger partial charge in [-0.15, -0.1) is 0 Å². The SMILES string of the molecule is Cc1ccc(C)c(C(Br)C2CC2)c1. The van der Waals surface area contributed by atoms with E-state index in [-0.39, 0.29) is 0 Å². The van der Waals surface area contributed by atoms with Crippen molar-refractivity contribution in [3.8, 4) is 0 Å². The smallest absolute Gasteiger partial charge is 0.0426 e. The second-order valence-electron chi connectivity index (χ2n) is 4.10. The third kappa shape index (κ3) is 1.96. The maximum absolute atomic E-state index is 3.80. The van der Waals surface area contributed by atoms with Gasteiger partial charge in [-0.05, 0) is 43.7 Å². The van der Waals surface area contributed by atoms with Crippen LogP contribution in [0.25, 0.3) is 0 Å². The number of benzene rings is 1. The minimum absolute atomic E-state index is 0.590. The average Bonchev–Trinajstić information content (AvgIpc) is 2.91. The lowest BCUT2D eigenvalue weighted by Gasteiger charge is -2.12. The van der Waals surface area contributed by atoms with Gasteiger partial charge in [-0.1, -0.05) is 39.7 Å². The normalized spacial score (nSPS) is 18.7. The lowest BCUT2D eigenvalue weighted by atomic mass is 10.0. The molecule has 0 heterocycles. The van der Waals surface area contributed by atoms with Gasteiger partial charge < -0.3 is 0 Å². The van der Waals surface area contributed by atoms with Crippen LogP contribution >= 0.6 is 15.9 Å². The summed E-state index contributed by atoms with van der Waals surface area (Å²) in [6, 6.07) is 6.72. The molecule has 13 heavy (non-hydrogen) atoms. The van der Waals surface area contributed by atoms with Gasteiger partial charge in [0.25, 0.3) is 0 Å². The van der Waals surface area contributed by atoms with E-state index in [1.54, 1.807) is 0 Å². The summed E-state index contributed by atoms with van der Waals surface area (Å²) in [5.41, 5.74) is 4.27. The Hall–Kier alpha value is -0.300. The molecule has 1 fully saturated rings. The molecular weight excluding hydrogens is 224 g/mol. The lowest BCUT2D eigenvalue weighted by molar-refractivity contribution is 0.816. The number of hydrogen-bond acceptors (Lipinski definition) is 0. The lowest BCUT2D eigenvalue weighted by Crippen LogP contribution is -1.95. The van der Waals surface area contributed by atoms with E-state index in [0.717, 1.165) is 5.92 Å². The van der Waals surface area contributed by atoms with Crippen LogP contribution in [-0.2, 0) is 0 Å². The van der Waals surface area contributed by atoms with Gasteiger partial charge in [-0.3, -0.25) is 0 Å². The molecule has 0 spiro atoms. The summed E-state index contributed by atoms with van der Waals surface area (Å²) in [4.78, 5) is 0.590. The molecule has 1 aliphatic carbocycles. The maximum Gasteiger partial charge on any atom is 0.0426 e. The van der Waals surface area contributed by atoms with Crippen molar-refractivity contribution in [1.82, 2.24) is 0 Å². The Labute approximate surface area is 88.5 Å². The summed E-state index contributed by atoms with van der Waals surface area (Å²) >= 11 is 3.80. The molecule has 2 rings (SSSR count). The van der Waals surface area contributed by atoms with Crippen molar-refractivity contribution < 1.29 is 0 Å². The molecule has 1 heteroatoms. The first-order valence-electron chi connectivity index (χ1n) is 4.89. The van der Waals surface area contributed by atoms with Crippen molar-refractivity contribution in [2.45, 2.75) is 31.5 Å². The minimum atomic E-state index is 0.590. The third-order valence-corrected chi connectivity index (χ3v) is 4.01. The summed E-state index contributed by atoms with van der Waals surface area (Å²) in [7, 11) is 0. The van der Waals surface area contributed by atoms with E-state index < -0.39 is 0 Å². The van der Waals surface area contributed by atoms with E-state index in [0.29, 0.717) is 4.83 Å². The highest BCUT2D eigenvalue weighted by molar-refractivity contribution is 9.09. The van der Waals surface area contributed by atoms with Crippen LogP contribution in [0.15, 0.2) is 18.2 Å². The van der Waals surface area contributed by atoms with Gasteiger partial charge >= 0.3 is 0 Å². The number of aryl methyl sites for hydroxylation is 2. The number of hydrogen-bond donors (Lipinski definition) is 0. The first kappa shape index (κ1) is 9.26. The zero-order valence-corrected chi connectivity index (χ0v) is 9.76. The molecule has 1 unspecified atom stereocenters. The summed E-state index contributed by atoms with van der Waals surface area (Å²) < 4.78 is 0. The summed E-state index contributed by atoms with van der Waals surface area (Å²) in [5.74, 6) is 0.889. The van der Waals surface area contributed by atoms with E-state index >= 15 is 0 Å². The molecule has 0 amide bonds. The van der Waals surface area contributed by atoms with Gasteiger partial charge in [0.2, 0.25) is 0 Å². The van der Waals surface area contributed by atoms with E-state index in [9.17, 15) is 0 Å². The molecular formula is C12H15Br. The summed E-state index contributed by atoms with van der Waals surface area (Å²) in [5, 5.41) is 0. The zero-order chi connectivity index (χ0) is 9.42. The van der Waals surface area contributed by atoms with Gasteiger partial charge in [0.15, 0.2) is 0 Å². The average molecular weight is 239 g/mol. The van der Waals surface area contributed by atoms with Crippen molar-refractivity contribution in [1.29, 1.82) is 0 Å². The van der Waals surface area contributed by atoms with Crippen molar-refractivity contribution in [2.75, 3.05) is 0 Å². The first-order valence-corrected chi connectivity index (χ1v) is 5.81. The van der Waals surface area contributed by atoms with Gasteiger partial charge in [-0.2, -0.15) is 0 Å². The molecule has 1 saturated carbocycles. The molecule has 0 aromatic heterocycles. The fourth-order valence-corrected chi connectivity index (χ4v) is 2.72. The molecule has 70 valence electrons. The Morgan fingerprint density at radius 1 is 1.31 bits per heavy atom. The summed E-state index contributed by atoms with van der Waals surface area (Å²) in [6.45, 7) is 4.36. The molecule has 0 radical (unpaired) electrons. The van der Waals surface area contributed by atoms with Gasteiger partial charge in [0.1, 0.15) is 0 Å². The van der Waals surface area contributed by atoms with Crippen molar-refractivity contribution in [3.63, 3.8) is 0 Å². The highest BCUT2D eigenvalue weighted by Gasteiger charge is 2.30. The Balaban J connectivity index is 2.31. The fourth-order valence-electron chi connectivity index (χ4n) is 1.70. The molecule has 0 aliphatic heterocycles. The highest BCUT2D eigenvalue weighted by atomic mass is 79.9. The van der Waals surface area contributed by atoms with Crippen LogP contribution in [-0.4, -0.2) is 0 Å². The predicted octanol–water partition coefficient (Wildman–Crippen LogP) is 4.15.